The van der Waals surface area contributed by atoms with Crippen molar-refractivity contribution in [2.45, 2.75) is 45.3 Å². The minimum absolute atomic E-state index is 0.104. The van der Waals surface area contributed by atoms with E-state index in [1.54, 1.807) is 6.20 Å². The maximum Gasteiger partial charge on any atom is 0.407 e. The summed E-state index contributed by atoms with van der Waals surface area (Å²) in [5.74, 6) is 0.359. The molecule has 1 aromatic heterocycles. The second-order valence-corrected chi connectivity index (χ2v) is 9.77. The molecule has 0 saturated carbocycles. The Morgan fingerprint density at radius 3 is 2.76 bits per heavy atom. The first-order valence-corrected chi connectivity index (χ1v) is 12.8. The molecule has 12 nitrogen and oxygen atoms in total. The summed E-state index contributed by atoms with van der Waals surface area (Å²) in [6.07, 6.45) is 3.76. The zero-order chi connectivity index (χ0) is 27.1. The molecule has 204 valence electrons. The molecule has 2 aliphatic heterocycles. The molecule has 0 radical (unpaired) electrons. The number of hydrogen-bond donors (Lipinski definition) is 3. The molecule has 0 spiro atoms. The fraction of sp³-hybridized carbons (Fsp3) is 0.500. The summed E-state index contributed by atoms with van der Waals surface area (Å²) in [6.45, 7) is 4.92. The van der Waals surface area contributed by atoms with Crippen molar-refractivity contribution >= 4 is 23.8 Å². The summed E-state index contributed by atoms with van der Waals surface area (Å²) in [5, 5.41) is 8.17. The number of nitrogens with zero attached hydrogens (tertiary/aromatic N) is 3. The van der Waals surface area contributed by atoms with E-state index in [1.165, 1.54) is 4.90 Å². The lowest BCUT2D eigenvalue weighted by atomic mass is 10.0. The number of alkyl carbamates (subject to hydrolysis) is 1. The first kappa shape index (κ1) is 27.0. The van der Waals surface area contributed by atoms with Crippen molar-refractivity contribution in [1.82, 2.24) is 30.4 Å². The van der Waals surface area contributed by atoms with Crippen molar-refractivity contribution in [1.29, 1.82) is 0 Å². The molecule has 2 aliphatic rings. The van der Waals surface area contributed by atoms with E-state index in [4.69, 9.17) is 9.47 Å². The Hall–Kier alpha value is -4.09. The number of carbonyl (C=O) groups is 4. The number of aromatic nitrogens is 2. The van der Waals surface area contributed by atoms with Crippen molar-refractivity contribution in [3.63, 3.8) is 0 Å². The smallest absolute Gasteiger partial charge is 0.407 e. The van der Waals surface area contributed by atoms with E-state index >= 15 is 0 Å². The summed E-state index contributed by atoms with van der Waals surface area (Å²) in [6, 6.07) is 5.92. The van der Waals surface area contributed by atoms with Crippen LogP contribution in [0.5, 0.6) is 5.75 Å². The van der Waals surface area contributed by atoms with Gasteiger partial charge in [0.1, 0.15) is 30.3 Å². The molecular formula is C26H34N6O6. The number of benzene rings is 1. The zero-order valence-corrected chi connectivity index (χ0v) is 21.6. The van der Waals surface area contributed by atoms with Gasteiger partial charge in [-0.05, 0) is 30.9 Å². The maximum absolute atomic E-state index is 13.1. The fourth-order valence-electron chi connectivity index (χ4n) is 4.46. The molecule has 0 unspecified atom stereocenters. The van der Waals surface area contributed by atoms with Crippen LogP contribution < -0.4 is 20.7 Å². The zero-order valence-electron chi connectivity index (χ0n) is 21.6. The number of nitrogens with one attached hydrogen (secondary N) is 3. The standard InChI is InChI=1S/C26H34N6O6/c1-17(2)13-20-24(34)28-8-11-31-10-7-27-23(31)18-5-3-6-19(14-18)37-12-4-9-32(15-22(33)29-20)25(35)21-16-38-26(36)30-21/h3,5-7,10,14,17,20-21H,4,8-9,11-13,15-16H2,1-2H3,(H,28,34)(H,29,33)(H,30,36)/t20-,21+/m1/s1. The SMILES string of the molecule is CC(C)C[C@H]1NC(=O)CN(C(=O)[C@@H]2COC(=O)N2)CCCOc2cccc(c2)-c2nccn2CCNC1=O. The maximum atomic E-state index is 13.1. The van der Waals surface area contributed by atoms with Crippen molar-refractivity contribution in [3.8, 4) is 17.1 Å². The second kappa shape index (κ2) is 12.4. The van der Waals surface area contributed by atoms with Gasteiger partial charge in [0.2, 0.25) is 17.7 Å². The third-order valence-electron chi connectivity index (χ3n) is 6.28. The highest BCUT2D eigenvalue weighted by atomic mass is 16.6. The van der Waals surface area contributed by atoms with E-state index in [0.29, 0.717) is 38.3 Å². The van der Waals surface area contributed by atoms with Gasteiger partial charge in [-0.2, -0.15) is 0 Å². The first-order valence-electron chi connectivity index (χ1n) is 12.8. The Morgan fingerprint density at radius 2 is 2.00 bits per heavy atom. The Labute approximate surface area is 221 Å². The normalized spacial score (nSPS) is 21.2. The summed E-state index contributed by atoms with van der Waals surface area (Å²) in [4.78, 5) is 56.4. The van der Waals surface area contributed by atoms with E-state index in [1.807, 2.05) is 48.9 Å². The van der Waals surface area contributed by atoms with E-state index in [-0.39, 0.29) is 31.5 Å². The van der Waals surface area contributed by atoms with Crippen LogP contribution in [-0.2, 0) is 25.7 Å². The number of imidazole rings is 1. The Balaban J connectivity index is 1.56. The monoisotopic (exact) mass is 526 g/mol. The number of rotatable bonds is 3. The quantitative estimate of drug-likeness (QED) is 0.539. The molecule has 1 saturated heterocycles. The van der Waals surface area contributed by atoms with E-state index < -0.39 is 30.0 Å². The Kier molecular flexibility index (Phi) is 8.82. The van der Waals surface area contributed by atoms with Crippen LogP contribution >= 0.6 is 0 Å². The first-order chi connectivity index (χ1) is 18.3. The van der Waals surface area contributed by atoms with Gasteiger partial charge in [0.05, 0.1) is 13.2 Å². The number of amides is 4. The van der Waals surface area contributed by atoms with Gasteiger partial charge in [0.25, 0.3) is 0 Å². The topological polar surface area (TPSA) is 144 Å². The molecule has 2 bridgehead atoms. The molecule has 3 heterocycles. The number of carbonyl (C=O) groups excluding carboxylic acids is 4. The average molecular weight is 527 g/mol. The van der Waals surface area contributed by atoms with Gasteiger partial charge in [0.15, 0.2) is 0 Å². The number of ether oxygens (including phenoxy) is 2. The molecule has 1 aromatic carbocycles. The second-order valence-electron chi connectivity index (χ2n) is 9.77. The van der Waals surface area contributed by atoms with Gasteiger partial charge in [0, 0.05) is 37.6 Å². The minimum atomic E-state index is -0.871. The van der Waals surface area contributed by atoms with Crippen LogP contribution in [-0.4, -0.2) is 83.2 Å². The van der Waals surface area contributed by atoms with E-state index in [0.717, 1.165) is 11.4 Å². The number of fused-ring (bicyclic) bond motifs is 4. The predicted octanol–water partition coefficient (Wildman–Crippen LogP) is 0.917. The van der Waals surface area contributed by atoms with Gasteiger partial charge < -0.3 is 34.9 Å². The predicted molar refractivity (Wildman–Crippen MR) is 137 cm³/mol. The Bertz CT molecular complexity index is 1160. The molecule has 2 atom stereocenters. The lowest BCUT2D eigenvalue weighted by Crippen LogP contribution is -2.53. The van der Waals surface area contributed by atoms with Crippen LogP contribution in [0.3, 0.4) is 0 Å². The van der Waals surface area contributed by atoms with Crippen molar-refractivity contribution < 1.29 is 28.7 Å². The average Bonchev–Trinajstić information content (AvgIpc) is 3.53. The summed E-state index contributed by atoms with van der Waals surface area (Å²) >= 11 is 0. The summed E-state index contributed by atoms with van der Waals surface area (Å²) in [5.41, 5.74) is 0.874. The van der Waals surface area contributed by atoms with Gasteiger partial charge >= 0.3 is 6.09 Å². The van der Waals surface area contributed by atoms with E-state index in [9.17, 15) is 19.2 Å². The van der Waals surface area contributed by atoms with Crippen LogP contribution in [0.2, 0.25) is 0 Å². The molecule has 38 heavy (non-hydrogen) atoms. The van der Waals surface area contributed by atoms with Crippen LogP contribution in [0.1, 0.15) is 26.7 Å². The molecular weight excluding hydrogens is 492 g/mol. The van der Waals surface area contributed by atoms with Gasteiger partial charge in [-0.15, -0.1) is 0 Å². The molecule has 2 aromatic rings. The minimum Gasteiger partial charge on any atom is -0.494 e. The third-order valence-corrected chi connectivity index (χ3v) is 6.28. The van der Waals surface area contributed by atoms with Crippen LogP contribution in [0, 0.1) is 5.92 Å². The highest BCUT2D eigenvalue weighted by Crippen LogP contribution is 2.23. The highest BCUT2D eigenvalue weighted by Gasteiger charge is 2.33. The molecule has 3 N–H and O–H groups in total. The van der Waals surface area contributed by atoms with Crippen molar-refractivity contribution in [3.05, 3.63) is 36.7 Å². The number of cyclic esters (lactones) is 1. The van der Waals surface area contributed by atoms with Crippen LogP contribution in [0.25, 0.3) is 11.4 Å². The summed E-state index contributed by atoms with van der Waals surface area (Å²) in [7, 11) is 0. The lowest BCUT2D eigenvalue weighted by Gasteiger charge is -2.26. The van der Waals surface area contributed by atoms with E-state index in [2.05, 4.69) is 20.9 Å². The van der Waals surface area contributed by atoms with Gasteiger partial charge in [-0.25, -0.2) is 9.78 Å². The lowest BCUT2D eigenvalue weighted by molar-refractivity contribution is -0.138. The van der Waals surface area contributed by atoms with Crippen molar-refractivity contribution in [2.75, 3.05) is 32.8 Å². The highest BCUT2D eigenvalue weighted by molar-refractivity contribution is 5.92. The molecule has 4 amide bonds. The fourth-order valence-corrected chi connectivity index (χ4v) is 4.46. The molecule has 12 heteroatoms. The van der Waals surface area contributed by atoms with Crippen molar-refractivity contribution in [2.24, 2.45) is 5.92 Å². The number of hydrogen-bond acceptors (Lipinski definition) is 7. The van der Waals surface area contributed by atoms with Crippen LogP contribution in [0.4, 0.5) is 4.79 Å². The Morgan fingerprint density at radius 1 is 1.16 bits per heavy atom. The van der Waals surface area contributed by atoms with Crippen LogP contribution in [0.15, 0.2) is 36.7 Å². The van der Waals surface area contributed by atoms with Gasteiger partial charge in [-0.1, -0.05) is 26.0 Å². The summed E-state index contributed by atoms with van der Waals surface area (Å²) < 4.78 is 12.7. The molecule has 0 aliphatic carbocycles. The van der Waals surface area contributed by atoms with Gasteiger partial charge in [-0.3, -0.25) is 14.4 Å². The molecule has 1 fully saturated rings. The largest absolute Gasteiger partial charge is 0.494 e. The third kappa shape index (κ3) is 7.02. The molecule has 4 rings (SSSR count).